The summed E-state index contributed by atoms with van der Waals surface area (Å²) in [6.07, 6.45) is 1.57. The Hall–Kier alpha value is -3.38. The Labute approximate surface area is 192 Å². The number of halogens is 1. The van der Waals surface area contributed by atoms with Crippen molar-refractivity contribution >= 4 is 40.4 Å². The number of hydrogen-bond acceptors (Lipinski definition) is 4. The molecule has 2 N–H and O–H groups in total. The number of ether oxygens (including phenoxy) is 1. The average molecular weight is 452 g/mol. The molecule has 0 aliphatic rings. The van der Waals surface area contributed by atoms with E-state index < -0.39 is 11.9 Å². The number of carbonyl (C=O) groups excluding carboxylic acids is 2. The predicted octanol–water partition coefficient (Wildman–Crippen LogP) is 4.80. The van der Waals surface area contributed by atoms with Gasteiger partial charge >= 0.3 is 0 Å². The highest BCUT2D eigenvalue weighted by atomic mass is 35.5. The summed E-state index contributed by atoms with van der Waals surface area (Å²) >= 11 is 5.88. The van der Waals surface area contributed by atoms with Gasteiger partial charge in [0.1, 0.15) is 11.8 Å². The molecule has 0 aliphatic carbocycles. The molecule has 2 amide bonds. The molecule has 166 valence electrons. The van der Waals surface area contributed by atoms with Crippen LogP contribution in [0.4, 0.5) is 0 Å². The number of carbonyl (C=O) groups is 2. The smallest absolute Gasteiger partial charge is 0.262 e. The first-order valence-corrected chi connectivity index (χ1v) is 10.8. The van der Waals surface area contributed by atoms with Gasteiger partial charge in [-0.3, -0.25) is 9.59 Å². The van der Waals surface area contributed by atoms with Gasteiger partial charge in [0.05, 0.1) is 12.8 Å². The Morgan fingerprint density at radius 1 is 1.06 bits per heavy atom. The molecule has 3 rings (SSSR count). The summed E-state index contributed by atoms with van der Waals surface area (Å²) in [6.45, 7) is 6.13. The monoisotopic (exact) mass is 451 g/mol. The SMILES string of the molecule is CCOc1ccc2ccccc2c1C=NNC(=O)C(NC(=O)c1ccc(Cl)cc1)C(C)C. The van der Waals surface area contributed by atoms with Crippen molar-refractivity contribution in [3.63, 3.8) is 0 Å². The van der Waals surface area contributed by atoms with E-state index in [1.807, 2.05) is 57.2 Å². The summed E-state index contributed by atoms with van der Waals surface area (Å²) in [5.74, 6) is -0.220. The van der Waals surface area contributed by atoms with Gasteiger partial charge in [-0.25, -0.2) is 5.43 Å². The van der Waals surface area contributed by atoms with Crippen molar-refractivity contribution < 1.29 is 14.3 Å². The van der Waals surface area contributed by atoms with Gasteiger partial charge in [0.25, 0.3) is 11.8 Å². The van der Waals surface area contributed by atoms with Crippen LogP contribution in [0.1, 0.15) is 36.7 Å². The highest BCUT2D eigenvalue weighted by Crippen LogP contribution is 2.26. The van der Waals surface area contributed by atoms with Crippen molar-refractivity contribution in [1.82, 2.24) is 10.7 Å². The van der Waals surface area contributed by atoms with Crippen LogP contribution in [-0.2, 0) is 4.79 Å². The van der Waals surface area contributed by atoms with Crippen molar-refractivity contribution in [3.8, 4) is 5.75 Å². The van der Waals surface area contributed by atoms with Crippen LogP contribution >= 0.6 is 11.6 Å². The summed E-state index contributed by atoms with van der Waals surface area (Å²) in [6, 6.07) is 17.5. The van der Waals surface area contributed by atoms with Gasteiger partial charge in [0, 0.05) is 16.1 Å². The maximum atomic E-state index is 12.8. The van der Waals surface area contributed by atoms with E-state index in [1.54, 1.807) is 30.5 Å². The van der Waals surface area contributed by atoms with Crippen LogP contribution < -0.4 is 15.5 Å². The van der Waals surface area contributed by atoms with Crippen LogP contribution in [0.3, 0.4) is 0 Å². The van der Waals surface area contributed by atoms with Gasteiger partial charge < -0.3 is 10.1 Å². The average Bonchev–Trinajstić information content (AvgIpc) is 2.78. The topological polar surface area (TPSA) is 79.8 Å². The lowest BCUT2D eigenvalue weighted by molar-refractivity contribution is -0.123. The van der Waals surface area contributed by atoms with Crippen LogP contribution in [0.15, 0.2) is 65.8 Å². The molecular formula is C25H26ClN3O3. The van der Waals surface area contributed by atoms with Crippen molar-refractivity contribution in [3.05, 3.63) is 76.8 Å². The summed E-state index contributed by atoms with van der Waals surface area (Å²) in [5, 5.41) is 9.47. The first-order chi connectivity index (χ1) is 15.4. The molecule has 0 aliphatic heterocycles. The number of nitrogens with zero attached hydrogens (tertiary/aromatic N) is 1. The predicted molar refractivity (Wildman–Crippen MR) is 128 cm³/mol. The zero-order valence-electron chi connectivity index (χ0n) is 18.3. The van der Waals surface area contributed by atoms with Crippen LogP contribution in [0.5, 0.6) is 5.75 Å². The fourth-order valence-electron chi connectivity index (χ4n) is 3.28. The maximum Gasteiger partial charge on any atom is 0.262 e. The Bertz CT molecular complexity index is 1130. The number of nitrogens with one attached hydrogen (secondary N) is 2. The molecule has 1 atom stereocenters. The number of benzene rings is 3. The van der Waals surface area contributed by atoms with Crippen molar-refractivity contribution in [2.45, 2.75) is 26.8 Å². The van der Waals surface area contributed by atoms with E-state index in [4.69, 9.17) is 16.3 Å². The minimum Gasteiger partial charge on any atom is -0.493 e. The molecule has 0 bridgehead atoms. The van der Waals surface area contributed by atoms with Gasteiger partial charge in [-0.2, -0.15) is 5.10 Å². The number of rotatable bonds is 8. The molecule has 0 radical (unpaired) electrons. The maximum absolute atomic E-state index is 12.8. The molecule has 0 saturated carbocycles. The highest BCUT2D eigenvalue weighted by Gasteiger charge is 2.24. The van der Waals surface area contributed by atoms with Crippen LogP contribution in [0, 0.1) is 5.92 Å². The summed E-state index contributed by atoms with van der Waals surface area (Å²) in [7, 11) is 0. The van der Waals surface area contributed by atoms with E-state index in [9.17, 15) is 9.59 Å². The first kappa shape index (κ1) is 23.3. The first-order valence-electron chi connectivity index (χ1n) is 10.4. The van der Waals surface area contributed by atoms with Crippen LogP contribution in [-0.4, -0.2) is 30.7 Å². The molecule has 3 aromatic carbocycles. The second kappa shape index (κ2) is 10.8. The Morgan fingerprint density at radius 3 is 2.47 bits per heavy atom. The van der Waals surface area contributed by atoms with E-state index in [0.717, 1.165) is 16.3 Å². The molecule has 0 spiro atoms. The number of amides is 2. The van der Waals surface area contributed by atoms with Crippen LogP contribution in [0.2, 0.25) is 5.02 Å². The van der Waals surface area contributed by atoms with Gasteiger partial charge in [0.15, 0.2) is 0 Å². The number of fused-ring (bicyclic) bond motifs is 1. The zero-order chi connectivity index (χ0) is 23.1. The number of hydrogen-bond donors (Lipinski definition) is 2. The Morgan fingerprint density at radius 2 is 1.78 bits per heavy atom. The lowest BCUT2D eigenvalue weighted by Crippen LogP contribution is -2.48. The lowest BCUT2D eigenvalue weighted by Gasteiger charge is -2.20. The molecule has 0 saturated heterocycles. The third kappa shape index (κ3) is 5.65. The molecule has 0 fully saturated rings. The van der Waals surface area contributed by atoms with E-state index >= 15 is 0 Å². The Balaban J connectivity index is 1.76. The lowest BCUT2D eigenvalue weighted by atomic mass is 10.0. The van der Waals surface area contributed by atoms with Gasteiger partial charge in [-0.15, -0.1) is 0 Å². The van der Waals surface area contributed by atoms with E-state index in [0.29, 0.717) is 22.9 Å². The third-order valence-corrected chi connectivity index (χ3v) is 5.19. The Kier molecular flexibility index (Phi) is 7.84. The molecule has 32 heavy (non-hydrogen) atoms. The molecule has 6 nitrogen and oxygen atoms in total. The standard InChI is InChI=1S/C25H26ClN3O3/c1-4-32-22-14-11-17-7-5-6-8-20(17)21(22)15-27-29-25(31)23(16(2)3)28-24(30)18-9-12-19(26)13-10-18/h5-16,23H,4H2,1-3H3,(H,28,30)(H,29,31). The fraction of sp³-hybridized carbons (Fsp3) is 0.240. The van der Waals surface area contributed by atoms with Gasteiger partial charge in [0.2, 0.25) is 0 Å². The summed E-state index contributed by atoms with van der Waals surface area (Å²) < 4.78 is 5.73. The number of hydrazone groups is 1. The largest absolute Gasteiger partial charge is 0.493 e. The molecule has 1 unspecified atom stereocenters. The fourth-order valence-corrected chi connectivity index (χ4v) is 3.41. The minimum atomic E-state index is -0.755. The van der Waals surface area contributed by atoms with Gasteiger partial charge in [-0.05, 0) is 53.9 Å². The van der Waals surface area contributed by atoms with E-state index in [1.165, 1.54) is 0 Å². The van der Waals surface area contributed by atoms with E-state index in [-0.39, 0.29) is 11.8 Å². The normalized spacial score (nSPS) is 12.2. The third-order valence-electron chi connectivity index (χ3n) is 4.94. The van der Waals surface area contributed by atoms with Crippen molar-refractivity contribution in [2.24, 2.45) is 11.0 Å². The highest BCUT2D eigenvalue weighted by molar-refractivity contribution is 6.30. The molecule has 7 heteroatoms. The van der Waals surface area contributed by atoms with Crippen LogP contribution in [0.25, 0.3) is 10.8 Å². The minimum absolute atomic E-state index is 0.141. The van der Waals surface area contributed by atoms with Gasteiger partial charge in [-0.1, -0.05) is 55.8 Å². The zero-order valence-corrected chi connectivity index (χ0v) is 19.0. The quantitative estimate of drug-likeness (QED) is 0.381. The summed E-state index contributed by atoms with van der Waals surface area (Å²) in [4.78, 5) is 25.3. The van der Waals surface area contributed by atoms with E-state index in [2.05, 4.69) is 15.8 Å². The second-order valence-electron chi connectivity index (χ2n) is 7.57. The molecule has 0 aromatic heterocycles. The molecule has 0 heterocycles. The van der Waals surface area contributed by atoms with Crippen molar-refractivity contribution in [1.29, 1.82) is 0 Å². The molecule has 3 aromatic rings. The molecular weight excluding hydrogens is 426 g/mol. The second-order valence-corrected chi connectivity index (χ2v) is 8.00. The van der Waals surface area contributed by atoms with Crippen molar-refractivity contribution in [2.75, 3.05) is 6.61 Å². The summed E-state index contributed by atoms with van der Waals surface area (Å²) in [5.41, 5.74) is 3.75.